The highest BCUT2D eigenvalue weighted by Crippen LogP contribution is 2.33. The average Bonchev–Trinajstić information content (AvgIpc) is 2.71. The van der Waals surface area contributed by atoms with E-state index in [1.54, 1.807) is 48.5 Å². The van der Waals surface area contributed by atoms with Gasteiger partial charge < -0.3 is 24.4 Å². The van der Waals surface area contributed by atoms with Gasteiger partial charge in [0, 0.05) is 35.9 Å². The van der Waals surface area contributed by atoms with Crippen LogP contribution >= 0.6 is 15.9 Å². The van der Waals surface area contributed by atoms with Crippen LogP contribution in [-0.4, -0.2) is 49.3 Å². The second kappa shape index (κ2) is 11.7. The highest BCUT2D eigenvalue weighted by molar-refractivity contribution is 9.10. The van der Waals surface area contributed by atoms with Gasteiger partial charge in [-0.15, -0.1) is 0 Å². The molecule has 0 aliphatic carbocycles. The number of ether oxygens (including phenoxy) is 3. The molecule has 2 rings (SSSR count). The summed E-state index contributed by atoms with van der Waals surface area (Å²) in [7, 11) is 1.49. The number of rotatable bonds is 10. The molecule has 0 bridgehead atoms. The SMILES string of the molecule is CO[C@@H](CCO)[C@@H](OC(=O)Nc1ccc(Br)cc1)c1ccccc1OCCO. The van der Waals surface area contributed by atoms with Gasteiger partial charge in [0.2, 0.25) is 0 Å². The Kier molecular flexibility index (Phi) is 9.22. The number of hydrogen-bond acceptors (Lipinski definition) is 6. The number of aliphatic hydroxyl groups is 2. The summed E-state index contributed by atoms with van der Waals surface area (Å²) in [6.45, 7) is -0.174. The summed E-state index contributed by atoms with van der Waals surface area (Å²) in [4.78, 5) is 12.5. The number of carbonyl (C=O) groups excluding carboxylic acids is 1. The van der Waals surface area contributed by atoms with Crippen molar-refractivity contribution in [3.8, 4) is 5.75 Å². The van der Waals surface area contributed by atoms with Crippen molar-refractivity contribution in [2.45, 2.75) is 18.6 Å². The maximum Gasteiger partial charge on any atom is 0.412 e. The second-order valence-electron chi connectivity index (χ2n) is 5.85. The maximum absolute atomic E-state index is 12.5. The summed E-state index contributed by atoms with van der Waals surface area (Å²) < 4.78 is 17.6. The highest BCUT2D eigenvalue weighted by Gasteiger charge is 2.29. The lowest BCUT2D eigenvalue weighted by molar-refractivity contribution is -0.0316. The maximum atomic E-state index is 12.5. The number of carbonyl (C=O) groups is 1. The molecule has 0 aromatic heterocycles. The third-order valence-corrected chi connectivity index (χ3v) is 4.48. The number of amides is 1. The Morgan fingerprint density at radius 3 is 2.46 bits per heavy atom. The van der Waals surface area contributed by atoms with E-state index in [-0.39, 0.29) is 26.2 Å². The molecule has 2 aromatic rings. The Morgan fingerprint density at radius 2 is 1.82 bits per heavy atom. The zero-order chi connectivity index (χ0) is 20.4. The normalized spacial score (nSPS) is 12.9. The molecule has 28 heavy (non-hydrogen) atoms. The van der Waals surface area contributed by atoms with Crippen LogP contribution in [0.3, 0.4) is 0 Å². The van der Waals surface area contributed by atoms with Crippen molar-refractivity contribution in [2.24, 2.45) is 0 Å². The number of methoxy groups -OCH3 is 1. The number of halogens is 1. The van der Waals surface area contributed by atoms with Crippen LogP contribution in [0, 0.1) is 0 Å². The smallest absolute Gasteiger partial charge is 0.412 e. The molecule has 8 heteroatoms. The summed E-state index contributed by atoms with van der Waals surface area (Å²) >= 11 is 3.34. The van der Waals surface area contributed by atoms with Crippen LogP contribution < -0.4 is 10.1 Å². The zero-order valence-electron chi connectivity index (χ0n) is 15.5. The zero-order valence-corrected chi connectivity index (χ0v) is 17.1. The molecular formula is C20H24BrNO6. The molecule has 2 atom stereocenters. The molecule has 1 amide bonds. The van der Waals surface area contributed by atoms with Crippen molar-refractivity contribution < 1.29 is 29.2 Å². The largest absolute Gasteiger partial charge is 0.491 e. The molecule has 3 N–H and O–H groups in total. The summed E-state index contributed by atoms with van der Waals surface area (Å²) in [6, 6.07) is 14.1. The van der Waals surface area contributed by atoms with Gasteiger partial charge in [-0.05, 0) is 30.3 Å². The fourth-order valence-electron chi connectivity index (χ4n) is 2.66. The van der Waals surface area contributed by atoms with Crippen molar-refractivity contribution in [3.63, 3.8) is 0 Å². The van der Waals surface area contributed by atoms with Gasteiger partial charge in [-0.3, -0.25) is 5.32 Å². The predicted octanol–water partition coefficient (Wildman–Crippen LogP) is 3.51. The molecule has 2 aromatic carbocycles. The Balaban J connectivity index is 2.24. The van der Waals surface area contributed by atoms with Gasteiger partial charge in [0.15, 0.2) is 6.10 Å². The summed E-state index contributed by atoms with van der Waals surface area (Å²) in [6.07, 6.45) is -1.80. The second-order valence-corrected chi connectivity index (χ2v) is 6.77. The molecule has 0 spiro atoms. The van der Waals surface area contributed by atoms with Gasteiger partial charge in [0.25, 0.3) is 0 Å². The van der Waals surface area contributed by atoms with E-state index in [9.17, 15) is 9.90 Å². The molecule has 0 fully saturated rings. The summed E-state index contributed by atoms with van der Waals surface area (Å²) in [5.41, 5.74) is 1.16. The lowest BCUT2D eigenvalue weighted by Gasteiger charge is -2.27. The first kappa shape index (κ1) is 22.2. The van der Waals surface area contributed by atoms with Gasteiger partial charge in [-0.25, -0.2) is 4.79 Å². The molecular weight excluding hydrogens is 430 g/mol. The van der Waals surface area contributed by atoms with Gasteiger partial charge in [-0.2, -0.15) is 0 Å². The van der Waals surface area contributed by atoms with Gasteiger partial charge >= 0.3 is 6.09 Å². The van der Waals surface area contributed by atoms with E-state index in [2.05, 4.69) is 21.2 Å². The Labute approximate surface area is 172 Å². The minimum Gasteiger partial charge on any atom is -0.491 e. The minimum atomic E-state index is -0.817. The molecule has 0 unspecified atom stereocenters. The van der Waals surface area contributed by atoms with Crippen molar-refractivity contribution in [1.82, 2.24) is 0 Å². The number of nitrogens with one attached hydrogen (secondary N) is 1. The van der Waals surface area contributed by atoms with Crippen LogP contribution in [0.1, 0.15) is 18.1 Å². The highest BCUT2D eigenvalue weighted by atomic mass is 79.9. The molecule has 0 saturated heterocycles. The number of anilines is 1. The summed E-state index contributed by atoms with van der Waals surface area (Å²) in [5.74, 6) is 0.470. The van der Waals surface area contributed by atoms with Crippen molar-refractivity contribution in [2.75, 3.05) is 32.2 Å². The van der Waals surface area contributed by atoms with E-state index in [1.807, 2.05) is 0 Å². The van der Waals surface area contributed by atoms with Gasteiger partial charge in [0.1, 0.15) is 18.5 Å². The Bertz CT molecular complexity index is 740. The van der Waals surface area contributed by atoms with E-state index in [0.29, 0.717) is 17.0 Å². The standard InChI is InChI=1S/C20H24BrNO6/c1-26-18(10-11-23)19(16-4-2-3-5-17(16)27-13-12-24)28-20(25)22-15-8-6-14(21)7-9-15/h2-9,18-19,23-24H,10-13H2,1H3,(H,22,25)/t18-,19-/m0/s1. The third-order valence-electron chi connectivity index (χ3n) is 3.95. The third kappa shape index (κ3) is 6.49. The van der Waals surface area contributed by atoms with Crippen molar-refractivity contribution in [3.05, 3.63) is 58.6 Å². The van der Waals surface area contributed by atoms with Crippen LogP contribution in [0.25, 0.3) is 0 Å². The molecule has 0 saturated carbocycles. The number of benzene rings is 2. The molecule has 0 aliphatic rings. The van der Waals surface area contributed by atoms with Crippen LogP contribution in [0.2, 0.25) is 0 Å². The van der Waals surface area contributed by atoms with Gasteiger partial charge in [-0.1, -0.05) is 34.1 Å². The molecule has 7 nitrogen and oxygen atoms in total. The van der Waals surface area contributed by atoms with E-state index in [1.165, 1.54) is 7.11 Å². The lowest BCUT2D eigenvalue weighted by Crippen LogP contribution is -2.29. The quantitative estimate of drug-likeness (QED) is 0.509. The minimum absolute atomic E-state index is 0.104. The number of aliphatic hydroxyl groups excluding tert-OH is 2. The topological polar surface area (TPSA) is 97.2 Å². The average molecular weight is 454 g/mol. The Hall–Kier alpha value is -2.13. The van der Waals surface area contributed by atoms with Crippen molar-refractivity contribution in [1.29, 1.82) is 0 Å². The summed E-state index contributed by atoms with van der Waals surface area (Å²) in [5, 5.41) is 21.1. The Morgan fingerprint density at radius 1 is 1.11 bits per heavy atom. The van der Waals surface area contributed by atoms with Crippen LogP contribution in [0.4, 0.5) is 10.5 Å². The first-order valence-corrected chi connectivity index (χ1v) is 9.57. The van der Waals surface area contributed by atoms with E-state index in [4.69, 9.17) is 19.3 Å². The van der Waals surface area contributed by atoms with Crippen LogP contribution in [0.5, 0.6) is 5.75 Å². The van der Waals surface area contributed by atoms with E-state index >= 15 is 0 Å². The first-order chi connectivity index (χ1) is 13.6. The van der Waals surface area contributed by atoms with Crippen LogP contribution in [0.15, 0.2) is 53.0 Å². The fraction of sp³-hybridized carbons (Fsp3) is 0.350. The lowest BCUT2D eigenvalue weighted by atomic mass is 10.0. The molecule has 0 heterocycles. The predicted molar refractivity (Wildman–Crippen MR) is 109 cm³/mol. The van der Waals surface area contributed by atoms with Crippen LogP contribution in [-0.2, 0) is 9.47 Å². The molecule has 152 valence electrons. The van der Waals surface area contributed by atoms with Crippen molar-refractivity contribution >= 4 is 27.7 Å². The molecule has 0 radical (unpaired) electrons. The first-order valence-electron chi connectivity index (χ1n) is 8.78. The van der Waals surface area contributed by atoms with E-state index in [0.717, 1.165) is 4.47 Å². The fourth-order valence-corrected chi connectivity index (χ4v) is 2.92. The number of hydrogen-bond donors (Lipinski definition) is 3. The number of para-hydroxylation sites is 1. The van der Waals surface area contributed by atoms with Gasteiger partial charge in [0.05, 0.1) is 6.61 Å². The van der Waals surface area contributed by atoms with E-state index < -0.39 is 18.3 Å². The monoisotopic (exact) mass is 453 g/mol. The molecule has 0 aliphatic heterocycles.